The van der Waals surface area contributed by atoms with E-state index in [9.17, 15) is 9.18 Å². The van der Waals surface area contributed by atoms with Crippen LogP contribution in [0.1, 0.15) is 11.1 Å². The van der Waals surface area contributed by atoms with Crippen LogP contribution in [0.25, 0.3) is 22.5 Å². The fourth-order valence-corrected chi connectivity index (χ4v) is 3.45. The number of benzene rings is 2. The molecule has 4 aromatic rings. The molecular formula is C22H16BrFN4O2. The standard InChI is InChI=1S/C22H16BrFN4O2/c1-13-10-15(6-7-17(13)24)21-20(18-8-9-25-12-26-18)22(30-28-21)27-19(29)11-14-4-2-3-5-16(14)23/h2-10,12H,11H2,1H3,(H,27,29). The molecule has 0 fully saturated rings. The molecule has 0 saturated carbocycles. The summed E-state index contributed by atoms with van der Waals surface area (Å²) < 4.78 is 20.0. The molecular weight excluding hydrogens is 451 g/mol. The zero-order valence-electron chi connectivity index (χ0n) is 15.9. The van der Waals surface area contributed by atoms with Gasteiger partial charge in [0.05, 0.1) is 17.7 Å². The molecule has 6 nitrogen and oxygen atoms in total. The van der Waals surface area contributed by atoms with Crippen molar-refractivity contribution in [2.45, 2.75) is 13.3 Å². The van der Waals surface area contributed by atoms with Crippen molar-refractivity contribution in [2.24, 2.45) is 0 Å². The average molecular weight is 467 g/mol. The normalized spacial score (nSPS) is 10.8. The van der Waals surface area contributed by atoms with E-state index in [0.717, 1.165) is 10.0 Å². The Bertz CT molecular complexity index is 1210. The molecule has 1 amide bonds. The molecule has 4 rings (SSSR count). The lowest BCUT2D eigenvalue weighted by atomic mass is 10.0. The van der Waals surface area contributed by atoms with E-state index in [4.69, 9.17) is 4.52 Å². The molecule has 30 heavy (non-hydrogen) atoms. The zero-order valence-corrected chi connectivity index (χ0v) is 17.5. The lowest BCUT2D eigenvalue weighted by molar-refractivity contribution is -0.115. The molecule has 0 bridgehead atoms. The Labute approximate surface area is 180 Å². The first-order valence-electron chi connectivity index (χ1n) is 9.09. The molecule has 2 aromatic heterocycles. The Balaban J connectivity index is 1.71. The summed E-state index contributed by atoms with van der Waals surface area (Å²) in [6, 6.07) is 13.8. The van der Waals surface area contributed by atoms with Gasteiger partial charge in [-0.1, -0.05) is 39.3 Å². The maximum Gasteiger partial charge on any atom is 0.241 e. The van der Waals surface area contributed by atoms with Crippen molar-refractivity contribution in [1.82, 2.24) is 15.1 Å². The number of hydrogen-bond acceptors (Lipinski definition) is 5. The number of amides is 1. The Morgan fingerprint density at radius 1 is 1.20 bits per heavy atom. The van der Waals surface area contributed by atoms with Crippen molar-refractivity contribution in [3.8, 4) is 22.5 Å². The van der Waals surface area contributed by atoms with E-state index >= 15 is 0 Å². The minimum absolute atomic E-state index is 0.149. The fraction of sp³-hybridized carbons (Fsp3) is 0.0909. The first kappa shape index (κ1) is 19.9. The number of nitrogens with zero attached hydrogens (tertiary/aromatic N) is 3. The molecule has 1 N–H and O–H groups in total. The maximum atomic E-state index is 13.7. The number of carbonyl (C=O) groups excluding carboxylic acids is 1. The molecule has 0 radical (unpaired) electrons. The SMILES string of the molecule is Cc1cc(-c2noc(NC(=O)Cc3ccccc3Br)c2-c2ccncn2)ccc1F. The van der Waals surface area contributed by atoms with Gasteiger partial charge in [0.15, 0.2) is 0 Å². The maximum absolute atomic E-state index is 13.7. The van der Waals surface area contributed by atoms with Gasteiger partial charge in [0, 0.05) is 16.2 Å². The molecule has 0 atom stereocenters. The quantitative estimate of drug-likeness (QED) is 0.437. The molecule has 2 aromatic carbocycles. The fourth-order valence-electron chi connectivity index (χ4n) is 3.03. The number of nitrogens with one attached hydrogen (secondary N) is 1. The summed E-state index contributed by atoms with van der Waals surface area (Å²) in [5.74, 6) is -0.411. The smallest absolute Gasteiger partial charge is 0.241 e. The van der Waals surface area contributed by atoms with Crippen LogP contribution in [0.2, 0.25) is 0 Å². The highest BCUT2D eigenvalue weighted by atomic mass is 79.9. The van der Waals surface area contributed by atoms with Gasteiger partial charge in [-0.15, -0.1) is 0 Å². The topological polar surface area (TPSA) is 80.9 Å². The largest absolute Gasteiger partial charge is 0.337 e. The van der Waals surface area contributed by atoms with Crippen LogP contribution < -0.4 is 5.32 Å². The second-order valence-corrected chi connectivity index (χ2v) is 7.46. The van der Waals surface area contributed by atoms with Crippen LogP contribution in [0.3, 0.4) is 0 Å². The van der Waals surface area contributed by atoms with E-state index in [0.29, 0.717) is 28.1 Å². The molecule has 2 heterocycles. The Kier molecular flexibility index (Phi) is 5.67. The minimum Gasteiger partial charge on any atom is -0.337 e. The third-order valence-electron chi connectivity index (χ3n) is 4.52. The highest BCUT2D eigenvalue weighted by Crippen LogP contribution is 2.37. The number of aryl methyl sites for hydroxylation is 1. The third kappa shape index (κ3) is 4.13. The van der Waals surface area contributed by atoms with E-state index in [2.05, 4.69) is 36.4 Å². The van der Waals surface area contributed by atoms with Gasteiger partial charge in [-0.3, -0.25) is 10.1 Å². The van der Waals surface area contributed by atoms with Gasteiger partial charge in [-0.2, -0.15) is 0 Å². The number of halogens is 2. The van der Waals surface area contributed by atoms with Crippen LogP contribution >= 0.6 is 15.9 Å². The first-order chi connectivity index (χ1) is 14.5. The number of rotatable bonds is 5. The molecule has 0 saturated heterocycles. The van der Waals surface area contributed by atoms with Gasteiger partial charge < -0.3 is 4.52 Å². The lowest BCUT2D eigenvalue weighted by Gasteiger charge is -2.07. The van der Waals surface area contributed by atoms with E-state index in [1.54, 1.807) is 31.3 Å². The van der Waals surface area contributed by atoms with Crippen LogP contribution in [0.15, 0.2) is 70.1 Å². The second-order valence-electron chi connectivity index (χ2n) is 6.61. The van der Waals surface area contributed by atoms with E-state index in [1.807, 2.05) is 24.3 Å². The van der Waals surface area contributed by atoms with Crippen molar-refractivity contribution in [1.29, 1.82) is 0 Å². The third-order valence-corrected chi connectivity index (χ3v) is 5.30. The second kappa shape index (κ2) is 8.54. The van der Waals surface area contributed by atoms with E-state index < -0.39 is 0 Å². The zero-order chi connectivity index (χ0) is 21.1. The Morgan fingerprint density at radius 2 is 2.03 bits per heavy atom. The Hall–Kier alpha value is -3.39. The number of aromatic nitrogens is 3. The molecule has 0 unspecified atom stereocenters. The van der Waals surface area contributed by atoms with Gasteiger partial charge in [-0.05, 0) is 48.4 Å². The predicted octanol–water partition coefficient (Wildman–Crippen LogP) is 5.19. The highest BCUT2D eigenvalue weighted by molar-refractivity contribution is 9.10. The molecule has 150 valence electrons. The van der Waals surface area contributed by atoms with Crippen molar-refractivity contribution in [3.63, 3.8) is 0 Å². The van der Waals surface area contributed by atoms with Crippen LogP contribution in [-0.2, 0) is 11.2 Å². The molecule has 0 aliphatic heterocycles. The van der Waals surface area contributed by atoms with Gasteiger partial charge >= 0.3 is 0 Å². The number of anilines is 1. The van der Waals surface area contributed by atoms with Gasteiger partial charge in [0.2, 0.25) is 11.8 Å². The monoisotopic (exact) mass is 466 g/mol. The van der Waals surface area contributed by atoms with Crippen LogP contribution in [0, 0.1) is 12.7 Å². The highest BCUT2D eigenvalue weighted by Gasteiger charge is 2.23. The van der Waals surface area contributed by atoms with E-state index in [-0.39, 0.29) is 24.0 Å². The summed E-state index contributed by atoms with van der Waals surface area (Å²) in [6.07, 6.45) is 3.13. The molecule has 0 aliphatic carbocycles. The summed E-state index contributed by atoms with van der Waals surface area (Å²) in [5, 5.41) is 6.91. The average Bonchev–Trinajstić information content (AvgIpc) is 3.15. The molecule has 0 spiro atoms. The summed E-state index contributed by atoms with van der Waals surface area (Å²) in [7, 11) is 0. The van der Waals surface area contributed by atoms with Gasteiger partial charge in [0.25, 0.3) is 0 Å². The number of hydrogen-bond donors (Lipinski definition) is 1. The van der Waals surface area contributed by atoms with Crippen molar-refractivity contribution >= 4 is 27.7 Å². The summed E-state index contributed by atoms with van der Waals surface area (Å²) in [4.78, 5) is 20.9. The summed E-state index contributed by atoms with van der Waals surface area (Å²) in [5.41, 5.74) is 3.45. The summed E-state index contributed by atoms with van der Waals surface area (Å²) in [6.45, 7) is 1.67. The molecule has 8 heteroatoms. The predicted molar refractivity (Wildman–Crippen MR) is 114 cm³/mol. The van der Waals surface area contributed by atoms with Crippen LogP contribution in [0.5, 0.6) is 0 Å². The molecule has 0 aliphatic rings. The minimum atomic E-state index is -0.312. The van der Waals surface area contributed by atoms with Crippen molar-refractivity contribution in [3.05, 3.63) is 82.5 Å². The Morgan fingerprint density at radius 3 is 2.77 bits per heavy atom. The first-order valence-corrected chi connectivity index (χ1v) is 9.88. The van der Waals surface area contributed by atoms with Gasteiger partial charge in [0.1, 0.15) is 17.8 Å². The van der Waals surface area contributed by atoms with Crippen molar-refractivity contribution < 1.29 is 13.7 Å². The number of carbonyl (C=O) groups is 1. The lowest BCUT2D eigenvalue weighted by Crippen LogP contribution is -2.14. The summed E-state index contributed by atoms with van der Waals surface area (Å²) >= 11 is 3.45. The van der Waals surface area contributed by atoms with Crippen LogP contribution in [0.4, 0.5) is 10.3 Å². The van der Waals surface area contributed by atoms with Crippen molar-refractivity contribution in [2.75, 3.05) is 5.32 Å². The van der Waals surface area contributed by atoms with Gasteiger partial charge in [-0.25, -0.2) is 14.4 Å². The van der Waals surface area contributed by atoms with Crippen LogP contribution in [-0.4, -0.2) is 21.0 Å². The van der Waals surface area contributed by atoms with E-state index in [1.165, 1.54) is 12.4 Å².